The second kappa shape index (κ2) is 9.67. The van der Waals surface area contributed by atoms with Crippen molar-refractivity contribution in [2.45, 2.75) is 19.6 Å². The molecule has 0 aliphatic rings. The van der Waals surface area contributed by atoms with Crippen LogP contribution >= 0.6 is 11.6 Å². The van der Waals surface area contributed by atoms with Crippen molar-refractivity contribution in [3.8, 4) is 0 Å². The Labute approximate surface area is 194 Å². The molecular weight excluding hydrogens is 442 g/mol. The first-order chi connectivity index (χ1) is 15.9. The van der Waals surface area contributed by atoms with Gasteiger partial charge in [0.15, 0.2) is 11.8 Å². The Morgan fingerprint density at radius 1 is 0.970 bits per heavy atom. The van der Waals surface area contributed by atoms with E-state index in [1.807, 2.05) is 30.3 Å². The topological polar surface area (TPSA) is 90.3 Å². The minimum atomic E-state index is -1.09. The average Bonchev–Trinajstić information content (AvgIpc) is 2.83. The minimum Gasteiger partial charge on any atom is -0.448 e. The van der Waals surface area contributed by atoms with Gasteiger partial charge in [0.2, 0.25) is 0 Å². The van der Waals surface area contributed by atoms with Crippen LogP contribution in [0, 0.1) is 0 Å². The molecule has 7 nitrogen and oxygen atoms in total. The zero-order valence-electron chi connectivity index (χ0n) is 17.7. The van der Waals surface area contributed by atoms with E-state index in [2.05, 4.69) is 10.4 Å². The highest BCUT2D eigenvalue weighted by Gasteiger charge is 2.23. The van der Waals surface area contributed by atoms with Crippen molar-refractivity contribution in [1.29, 1.82) is 0 Å². The number of hydrogen-bond donors (Lipinski definition) is 1. The van der Waals surface area contributed by atoms with E-state index in [1.165, 1.54) is 11.6 Å². The van der Waals surface area contributed by atoms with Crippen molar-refractivity contribution in [3.63, 3.8) is 0 Å². The molecular formula is C25H20ClN3O4. The summed E-state index contributed by atoms with van der Waals surface area (Å²) in [5.74, 6) is -1.31. The van der Waals surface area contributed by atoms with E-state index in [9.17, 15) is 14.4 Å². The number of esters is 1. The zero-order valence-corrected chi connectivity index (χ0v) is 18.5. The minimum absolute atomic E-state index is 0.0349. The lowest BCUT2D eigenvalue weighted by Crippen LogP contribution is -2.32. The molecule has 1 unspecified atom stereocenters. The summed E-state index contributed by atoms with van der Waals surface area (Å²) in [5.41, 5.74) is 1.02. The summed E-state index contributed by atoms with van der Waals surface area (Å²) in [4.78, 5) is 38.4. The quantitative estimate of drug-likeness (QED) is 0.433. The van der Waals surface area contributed by atoms with E-state index in [0.717, 1.165) is 5.56 Å². The highest BCUT2D eigenvalue weighted by molar-refractivity contribution is 6.30. The highest BCUT2D eigenvalue weighted by atomic mass is 35.5. The van der Waals surface area contributed by atoms with Crippen LogP contribution < -0.4 is 10.9 Å². The van der Waals surface area contributed by atoms with E-state index >= 15 is 0 Å². The molecule has 33 heavy (non-hydrogen) atoms. The number of halogens is 1. The van der Waals surface area contributed by atoms with Crippen molar-refractivity contribution in [2.24, 2.45) is 0 Å². The summed E-state index contributed by atoms with van der Waals surface area (Å²) in [5, 5.41) is 8.19. The lowest BCUT2D eigenvalue weighted by molar-refractivity contribution is -0.123. The van der Waals surface area contributed by atoms with Gasteiger partial charge in [-0.3, -0.25) is 9.59 Å². The van der Waals surface area contributed by atoms with E-state index in [4.69, 9.17) is 16.3 Å². The van der Waals surface area contributed by atoms with Crippen LogP contribution in [0.1, 0.15) is 23.0 Å². The highest BCUT2D eigenvalue weighted by Crippen LogP contribution is 2.17. The number of anilines is 1. The molecule has 8 heteroatoms. The predicted molar refractivity (Wildman–Crippen MR) is 127 cm³/mol. The number of aromatic nitrogens is 2. The van der Waals surface area contributed by atoms with Gasteiger partial charge in [0, 0.05) is 16.1 Å². The molecule has 0 aliphatic heterocycles. The van der Waals surface area contributed by atoms with Gasteiger partial charge in [0.1, 0.15) is 0 Å². The summed E-state index contributed by atoms with van der Waals surface area (Å²) < 4.78 is 6.62. The van der Waals surface area contributed by atoms with Gasteiger partial charge in [-0.2, -0.15) is 5.10 Å². The molecule has 166 valence electrons. The van der Waals surface area contributed by atoms with Crippen LogP contribution in [0.3, 0.4) is 0 Å². The fraction of sp³-hybridized carbons (Fsp3) is 0.120. The van der Waals surface area contributed by atoms with Crippen molar-refractivity contribution >= 4 is 39.9 Å². The molecule has 0 spiro atoms. The fourth-order valence-corrected chi connectivity index (χ4v) is 3.42. The molecule has 4 rings (SSSR count). The molecule has 0 aliphatic carbocycles. The van der Waals surface area contributed by atoms with Gasteiger partial charge >= 0.3 is 5.97 Å². The third-order valence-corrected chi connectivity index (χ3v) is 5.25. The number of carbonyl (C=O) groups is 2. The van der Waals surface area contributed by atoms with Crippen LogP contribution in [-0.2, 0) is 16.1 Å². The molecule has 0 radical (unpaired) electrons. The molecule has 4 aromatic rings. The summed E-state index contributed by atoms with van der Waals surface area (Å²) in [6.45, 7) is 1.66. The number of ether oxygens (including phenoxy) is 1. The first kappa shape index (κ1) is 22.2. The number of benzene rings is 3. The Kier molecular flexibility index (Phi) is 6.51. The summed E-state index contributed by atoms with van der Waals surface area (Å²) in [6.07, 6.45) is -1.09. The number of nitrogens with zero attached hydrogens (tertiary/aromatic N) is 2. The van der Waals surface area contributed by atoms with Gasteiger partial charge in [-0.1, -0.05) is 60.1 Å². The van der Waals surface area contributed by atoms with Crippen molar-refractivity contribution in [3.05, 3.63) is 105 Å². The summed E-state index contributed by atoms with van der Waals surface area (Å²) in [7, 11) is 0. The third-order valence-electron chi connectivity index (χ3n) is 5.00. The second-order valence-corrected chi connectivity index (χ2v) is 7.82. The van der Waals surface area contributed by atoms with Crippen LogP contribution in [0.4, 0.5) is 5.69 Å². The van der Waals surface area contributed by atoms with Crippen molar-refractivity contribution in [2.75, 3.05) is 5.32 Å². The average molecular weight is 462 g/mol. The normalized spacial score (nSPS) is 11.7. The Morgan fingerprint density at radius 2 is 1.61 bits per heavy atom. The largest absolute Gasteiger partial charge is 0.448 e. The van der Waals surface area contributed by atoms with E-state index in [1.54, 1.807) is 48.5 Å². The van der Waals surface area contributed by atoms with Gasteiger partial charge in [-0.25, -0.2) is 9.48 Å². The number of nitrogens with one attached hydrogen (secondary N) is 1. The molecule has 0 fully saturated rings. The Balaban J connectivity index is 1.60. The van der Waals surface area contributed by atoms with E-state index in [0.29, 0.717) is 21.5 Å². The Hall–Kier alpha value is -3.97. The molecule has 1 heterocycles. The van der Waals surface area contributed by atoms with E-state index < -0.39 is 18.0 Å². The SMILES string of the molecule is CC(OC(=O)c1nn(Cc2ccccc2)c(=O)c2ccccc12)C(=O)Nc1ccc(Cl)cc1. The second-order valence-electron chi connectivity index (χ2n) is 7.39. The molecule has 0 saturated carbocycles. The fourth-order valence-electron chi connectivity index (χ4n) is 3.30. The van der Waals surface area contributed by atoms with Crippen molar-refractivity contribution < 1.29 is 14.3 Å². The number of hydrogen-bond acceptors (Lipinski definition) is 5. The number of rotatable bonds is 6. The van der Waals surface area contributed by atoms with Crippen LogP contribution in [0.2, 0.25) is 5.02 Å². The Bertz CT molecular complexity index is 1370. The van der Waals surface area contributed by atoms with Gasteiger partial charge in [0.05, 0.1) is 11.9 Å². The third kappa shape index (κ3) is 5.10. The maximum absolute atomic E-state index is 13.0. The van der Waals surface area contributed by atoms with Gasteiger partial charge in [-0.15, -0.1) is 0 Å². The molecule has 1 aromatic heterocycles. The first-order valence-electron chi connectivity index (χ1n) is 10.2. The van der Waals surface area contributed by atoms with Gasteiger partial charge in [-0.05, 0) is 42.8 Å². The number of fused-ring (bicyclic) bond motifs is 1. The molecule has 3 aromatic carbocycles. The zero-order chi connectivity index (χ0) is 23.4. The summed E-state index contributed by atoms with van der Waals surface area (Å²) in [6, 6.07) is 22.6. The maximum Gasteiger partial charge on any atom is 0.360 e. The van der Waals surface area contributed by atoms with Crippen LogP contribution in [-0.4, -0.2) is 27.8 Å². The molecule has 1 amide bonds. The predicted octanol–water partition coefficient (Wildman–Crippen LogP) is 4.28. The Morgan fingerprint density at radius 3 is 2.30 bits per heavy atom. The standard InChI is InChI=1S/C25H20ClN3O4/c1-16(23(30)27-19-13-11-18(26)12-14-19)33-25(32)22-20-9-5-6-10-21(20)24(31)29(28-22)15-17-7-3-2-4-8-17/h2-14,16H,15H2,1H3,(H,27,30). The maximum atomic E-state index is 13.0. The number of carbonyl (C=O) groups excluding carboxylic acids is 2. The van der Waals surface area contributed by atoms with Crippen LogP contribution in [0.25, 0.3) is 10.8 Å². The molecule has 1 N–H and O–H groups in total. The number of amides is 1. The smallest absolute Gasteiger partial charge is 0.360 e. The van der Waals surface area contributed by atoms with Crippen LogP contribution in [0.5, 0.6) is 0 Å². The lowest BCUT2D eigenvalue weighted by Gasteiger charge is -2.15. The monoisotopic (exact) mass is 461 g/mol. The van der Waals surface area contributed by atoms with Gasteiger partial charge < -0.3 is 10.1 Å². The first-order valence-corrected chi connectivity index (χ1v) is 10.6. The van der Waals surface area contributed by atoms with Crippen LogP contribution in [0.15, 0.2) is 83.7 Å². The van der Waals surface area contributed by atoms with Gasteiger partial charge in [0.25, 0.3) is 11.5 Å². The van der Waals surface area contributed by atoms with Crippen molar-refractivity contribution in [1.82, 2.24) is 9.78 Å². The molecule has 1 atom stereocenters. The van der Waals surface area contributed by atoms with E-state index in [-0.39, 0.29) is 17.8 Å². The molecule has 0 bridgehead atoms. The molecule has 0 saturated heterocycles. The lowest BCUT2D eigenvalue weighted by atomic mass is 10.1. The summed E-state index contributed by atoms with van der Waals surface area (Å²) >= 11 is 5.86.